The van der Waals surface area contributed by atoms with Crippen LogP contribution in [0.2, 0.25) is 0 Å². The standard InChI is InChI=1S/C16H31N3O/c1-6-9-17-15(10-13(4)20-5)12-16-11-14(7-2)18-19(16)8-3/h11,13,15,17H,6-10,12H2,1-5H3. The van der Waals surface area contributed by atoms with Crippen LogP contribution in [0.3, 0.4) is 0 Å². The van der Waals surface area contributed by atoms with Gasteiger partial charge in [-0.3, -0.25) is 4.68 Å². The maximum Gasteiger partial charge on any atom is 0.0624 e. The Balaban J connectivity index is 2.73. The Bertz CT molecular complexity index is 376. The van der Waals surface area contributed by atoms with Crippen LogP contribution < -0.4 is 5.32 Å². The molecule has 0 amide bonds. The fourth-order valence-electron chi connectivity index (χ4n) is 2.46. The molecule has 0 aliphatic heterocycles. The minimum absolute atomic E-state index is 0.285. The van der Waals surface area contributed by atoms with Crippen molar-refractivity contribution in [2.24, 2.45) is 0 Å². The van der Waals surface area contributed by atoms with Crippen LogP contribution in [0, 0.1) is 0 Å². The lowest BCUT2D eigenvalue weighted by molar-refractivity contribution is 0.100. The maximum absolute atomic E-state index is 5.42. The molecule has 2 atom stereocenters. The second kappa shape index (κ2) is 9.14. The van der Waals surface area contributed by atoms with E-state index in [0.29, 0.717) is 6.04 Å². The average Bonchev–Trinajstić information content (AvgIpc) is 2.86. The van der Waals surface area contributed by atoms with Crippen LogP contribution in [0.5, 0.6) is 0 Å². The minimum Gasteiger partial charge on any atom is -0.382 e. The fraction of sp³-hybridized carbons (Fsp3) is 0.812. The van der Waals surface area contributed by atoms with Gasteiger partial charge in [0.2, 0.25) is 0 Å². The molecule has 1 heterocycles. The molecule has 4 heteroatoms. The van der Waals surface area contributed by atoms with Gasteiger partial charge in [-0.25, -0.2) is 0 Å². The van der Waals surface area contributed by atoms with Crippen molar-refractivity contribution in [2.75, 3.05) is 13.7 Å². The molecule has 0 bridgehead atoms. The van der Waals surface area contributed by atoms with Crippen LogP contribution in [0.4, 0.5) is 0 Å². The normalized spacial score (nSPS) is 14.4. The molecule has 1 rings (SSSR count). The molecule has 0 fully saturated rings. The van der Waals surface area contributed by atoms with Gasteiger partial charge < -0.3 is 10.1 Å². The number of aryl methyl sites for hydroxylation is 2. The zero-order valence-corrected chi connectivity index (χ0v) is 13.8. The highest BCUT2D eigenvalue weighted by atomic mass is 16.5. The van der Waals surface area contributed by atoms with E-state index in [1.807, 2.05) is 0 Å². The van der Waals surface area contributed by atoms with E-state index in [-0.39, 0.29) is 6.10 Å². The van der Waals surface area contributed by atoms with E-state index >= 15 is 0 Å². The molecule has 0 aromatic carbocycles. The Morgan fingerprint density at radius 3 is 2.65 bits per heavy atom. The van der Waals surface area contributed by atoms with Gasteiger partial charge in [-0.1, -0.05) is 13.8 Å². The summed E-state index contributed by atoms with van der Waals surface area (Å²) in [6, 6.07) is 2.71. The van der Waals surface area contributed by atoms with E-state index in [4.69, 9.17) is 4.74 Å². The lowest BCUT2D eigenvalue weighted by Gasteiger charge is -2.22. The van der Waals surface area contributed by atoms with E-state index < -0.39 is 0 Å². The number of ether oxygens (including phenoxy) is 1. The summed E-state index contributed by atoms with van der Waals surface area (Å²) >= 11 is 0. The summed E-state index contributed by atoms with van der Waals surface area (Å²) in [7, 11) is 1.78. The Morgan fingerprint density at radius 2 is 2.10 bits per heavy atom. The highest BCUT2D eigenvalue weighted by molar-refractivity contribution is 5.12. The topological polar surface area (TPSA) is 39.1 Å². The van der Waals surface area contributed by atoms with Crippen molar-refractivity contribution in [3.63, 3.8) is 0 Å². The second-order valence-electron chi connectivity index (χ2n) is 5.43. The number of nitrogens with one attached hydrogen (secondary N) is 1. The van der Waals surface area contributed by atoms with Crippen molar-refractivity contribution in [3.05, 3.63) is 17.5 Å². The first-order chi connectivity index (χ1) is 9.64. The third kappa shape index (κ3) is 5.25. The fourth-order valence-corrected chi connectivity index (χ4v) is 2.46. The van der Waals surface area contributed by atoms with Crippen molar-refractivity contribution < 1.29 is 4.74 Å². The first-order valence-corrected chi connectivity index (χ1v) is 7.96. The van der Waals surface area contributed by atoms with E-state index in [0.717, 1.165) is 38.8 Å². The molecule has 0 radical (unpaired) electrons. The van der Waals surface area contributed by atoms with Crippen LogP contribution in [0.25, 0.3) is 0 Å². The van der Waals surface area contributed by atoms with Crippen LogP contribution in [-0.2, 0) is 24.1 Å². The molecule has 116 valence electrons. The van der Waals surface area contributed by atoms with Crippen molar-refractivity contribution in [1.29, 1.82) is 0 Å². The molecule has 0 aliphatic carbocycles. The summed E-state index contributed by atoms with van der Waals surface area (Å²) in [5.74, 6) is 0. The summed E-state index contributed by atoms with van der Waals surface area (Å²) in [4.78, 5) is 0. The lowest BCUT2D eigenvalue weighted by Crippen LogP contribution is -2.35. The maximum atomic E-state index is 5.42. The lowest BCUT2D eigenvalue weighted by atomic mass is 10.0. The van der Waals surface area contributed by atoms with Crippen LogP contribution in [0.1, 0.15) is 51.9 Å². The van der Waals surface area contributed by atoms with Crippen LogP contribution >= 0.6 is 0 Å². The summed E-state index contributed by atoms with van der Waals surface area (Å²) in [6.45, 7) is 10.6. The van der Waals surface area contributed by atoms with Gasteiger partial charge in [-0.05, 0) is 45.7 Å². The summed E-state index contributed by atoms with van der Waals surface area (Å²) in [5.41, 5.74) is 2.53. The van der Waals surface area contributed by atoms with E-state index in [9.17, 15) is 0 Å². The quantitative estimate of drug-likeness (QED) is 0.717. The van der Waals surface area contributed by atoms with E-state index in [1.165, 1.54) is 11.4 Å². The summed E-state index contributed by atoms with van der Waals surface area (Å²) < 4.78 is 7.55. The predicted octanol–water partition coefficient (Wildman–Crippen LogP) is 2.80. The number of aromatic nitrogens is 2. The van der Waals surface area contributed by atoms with Gasteiger partial charge in [0.15, 0.2) is 0 Å². The highest BCUT2D eigenvalue weighted by Crippen LogP contribution is 2.12. The monoisotopic (exact) mass is 281 g/mol. The summed E-state index contributed by atoms with van der Waals surface area (Å²) in [5, 5.41) is 8.28. The van der Waals surface area contributed by atoms with Crippen LogP contribution in [0.15, 0.2) is 6.07 Å². The first-order valence-electron chi connectivity index (χ1n) is 7.96. The number of nitrogens with zero attached hydrogens (tertiary/aromatic N) is 2. The third-order valence-electron chi connectivity index (χ3n) is 3.73. The number of hydrogen-bond acceptors (Lipinski definition) is 3. The average molecular weight is 281 g/mol. The molecule has 1 aromatic rings. The molecule has 1 aromatic heterocycles. The molecule has 0 aliphatic rings. The molecule has 1 N–H and O–H groups in total. The third-order valence-corrected chi connectivity index (χ3v) is 3.73. The van der Waals surface area contributed by atoms with Crippen LogP contribution in [-0.4, -0.2) is 35.6 Å². The largest absolute Gasteiger partial charge is 0.382 e. The second-order valence-corrected chi connectivity index (χ2v) is 5.43. The van der Waals surface area contributed by atoms with Crippen molar-refractivity contribution in [1.82, 2.24) is 15.1 Å². The smallest absolute Gasteiger partial charge is 0.0624 e. The number of methoxy groups -OCH3 is 1. The van der Waals surface area contributed by atoms with Gasteiger partial charge in [0.25, 0.3) is 0 Å². The zero-order chi connectivity index (χ0) is 15.0. The molecule has 0 spiro atoms. The summed E-state index contributed by atoms with van der Waals surface area (Å²) in [6.07, 6.45) is 4.50. The Labute approximate surface area is 123 Å². The van der Waals surface area contributed by atoms with Gasteiger partial charge in [0.05, 0.1) is 11.8 Å². The molecular formula is C16H31N3O. The van der Waals surface area contributed by atoms with E-state index in [1.54, 1.807) is 7.11 Å². The SMILES string of the molecule is CCCNC(Cc1cc(CC)nn1CC)CC(C)OC. The minimum atomic E-state index is 0.285. The van der Waals surface area contributed by atoms with Gasteiger partial charge in [-0.2, -0.15) is 5.10 Å². The number of hydrogen-bond donors (Lipinski definition) is 1. The van der Waals surface area contributed by atoms with Crippen molar-refractivity contribution in [2.45, 2.75) is 72.1 Å². The number of rotatable bonds is 10. The van der Waals surface area contributed by atoms with Crippen molar-refractivity contribution >= 4 is 0 Å². The molecule has 2 unspecified atom stereocenters. The van der Waals surface area contributed by atoms with Crippen molar-refractivity contribution in [3.8, 4) is 0 Å². The highest BCUT2D eigenvalue weighted by Gasteiger charge is 2.16. The molecule has 4 nitrogen and oxygen atoms in total. The Morgan fingerprint density at radius 1 is 1.35 bits per heavy atom. The predicted molar refractivity (Wildman–Crippen MR) is 84.2 cm³/mol. The Kier molecular flexibility index (Phi) is 7.85. The first kappa shape index (κ1) is 17.2. The van der Waals surface area contributed by atoms with Gasteiger partial charge in [-0.15, -0.1) is 0 Å². The zero-order valence-electron chi connectivity index (χ0n) is 13.8. The van der Waals surface area contributed by atoms with Gasteiger partial charge >= 0.3 is 0 Å². The van der Waals surface area contributed by atoms with E-state index in [2.05, 4.69) is 48.9 Å². The van der Waals surface area contributed by atoms with Gasteiger partial charge in [0, 0.05) is 31.8 Å². The Hall–Kier alpha value is -0.870. The molecular weight excluding hydrogens is 250 g/mol. The molecule has 0 saturated carbocycles. The molecule has 20 heavy (non-hydrogen) atoms. The molecule has 0 saturated heterocycles. The van der Waals surface area contributed by atoms with Gasteiger partial charge in [0.1, 0.15) is 0 Å².